The third-order valence-electron chi connectivity index (χ3n) is 5.17. The molecule has 0 amide bonds. The molecule has 136 valence electrons. The number of nitrogens with zero attached hydrogens (tertiary/aromatic N) is 3. The van der Waals surface area contributed by atoms with Gasteiger partial charge in [0, 0.05) is 36.8 Å². The standard InChI is InChI=1S/C21H31N3O/c1-21(2,3)20-17(14-23(4)22-20)15-24-12-8-11-18(24)13-19(25)16-9-6-5-7-10-16/h5-7,9-10,14,18-19,25H,8,11-13,15H2,1-4H3. The van der Waals surface area contributed by atoms with Gasteiger partial charge in [-0.2, -0.15) is 5.10 Å². The molecular formula is C21H31N3O. The van der Waals surface area contributed by atoms with E-state index < -0.39 is 0 Å². The van der Waals surface area contributed by atoms with E-state index in [1.807, 2.05) is 42.1 Å². The van der Waals surface area contributed by atoms with Crippen LogP contribution in [-0.2, 0) is 19.0 Å². The highest BCUT2D eigenvalue weighted by atomic mass is 16.3. The SMILES string of the molecule is Cn1cc(CN2CCCC2CC(O)c2ccccc2)c(C(C)(C)C)n1. The molecule has 2 atom stereocenters. The number of rotatable bonds is 5. The Bertz CT molecular complexity index is 687. The lowest BCUT2D eigenvalue weighted by atomic mass is 9.89. The first kappa shape index (κ1) is 18.2. The Morgan fingerprint density at radius 2 is 1.96 bits per heavy atom. The topological polar surface area (TPSA) is 41.3 Å². The summed E-state index contributed by atoms with van der Waals surface area (Å²) in [5.41, 5.74) is 3.57. The van der Waals surface area contributed by atoms with Crippen molar-refractivity contribution in [2.24, 2.45) is 7.05 Å². The van der Waals surface area contributed by atoms with Crippen LogP contribution in [0.4, 0.5) is 0 Å². The van der Waals surface area contributed by atoms with Crippen molar-refractivity contribution in [1.82, 2.24) is 14.7 Å². The van der Waals surface area contributed by atoms with Crippen molar-refractivity contribution < 1.29 is 5.11 Å². The number of aromatic nitrogens is 2. The summed E-state index contributed by atoms with van der Waals surface area (Å²) in [5, 5.41) is 15.3. The monoisotopic (exact) mass is 341 g/mol. The van der Waals surface area contributed by atoms with E-state index in [0.29, 0.717) is 6.04 Å². The number of hydrogen-bond donors (Lipinski definition) is 1. The zero-order valence-electron chi connectivity index (χ0n) is 15.9. The molecule has 1 aromatic heterocycles. The van der Waals surface area contributed by atoms with Gasteiger partial charge in [-0.15, -0.1) is 0 Å². The summed E-state index contributed by atoms with van der Waals surface area (Å²) in [5.74, 6) is 0. The molecule has 1 aliphatic heterocycles. The quantitative estimate of drug-likeness (QED) is 0.899. The van der Waals surface area contributed by atoms with Gasteiger partial charge < -0.3 is 5.11 Å². The summed E-state index contributed by atoms with van der Waals surface area (Å²) in [4.78, 5) is 2.53. The van der Waals surface area contributed by atoms with Gasteiger partial charge in [0.2, 0.25) is 0 Å². The molecule has 25 heavy (non-hydrogen) atoms. The molecule has 0 saturated carbocycles. The van der Waals surface area contributed by atoms with Gasteiger partial charge in [-0.25, -0.2) is 0 Å². The normalized spacial score (nSPS) is 20.1. The molecule has 0 radical (unpaired) electrons. The Morgan fingerprint density at radius 1 is 1.24 bits per heavy atom. The lowest BCUT2D eigenvalue weighted by molar-refractivity contribution is 0.117. The summed E-state index contributed by atoms with van der Waals surface area (Å²) in [6.07, 6.45) is 4.94. The minimum absolute atomic E-state index is 0.0510. The van der Waals surface area contributed by atoms with Crippen molar-refractivity contribution in [1.29, 1.82) is 0 Å². The number of benzene rings is 1. The van der Waals surface area contributed by atoms with Crippen LogP contribution in [-0.4, -0.2) is 32.4 Å². The summed E-state index contributed by atoms with van der Waals surface area (Å²) >= 11 is 0. The molecule has 0 aliphatic carbocycles. The molecule has 1 saturated heterocycles. The Balaban J connectivity index is 1.71. The van der Waals surface area contributed by atoms with Crippen LogP contribution >= 0.6 is 0 Å². The van der Waals surface area contributed by atoms with Gasteiger partial charge in [-0.3, -0.25) is 9.58 Å². The number of aliphatic hydroxyl groups excluding tert-OH is 1. The molecule has 4 nitrogen and oxygen atoms in total. The largest absolute Gasteiger partial charge is 0.388 e. The Labute approximate surface area is 151 Å². The first-order valence-corrected chi connectivity index (χ1v) is 9.34. The molecule has 0 spiro atoms. The maximum Gasteiger partial charge on any atom is 0.0805 e. The van der Waals surface area contributed by atoms with Gasteiger partial charge >= 0.3 is 0 Å². The van der Waals surface area contributed by atoms with Gasteiger partial charge in [0.05, 0.1) is 11.8 Å². The van der Waals surface area contributed by atoms with E-state index in [2.05, 4.69) is 31.9 Å². The highest BCUT2D eigenvalue weighted by Crippen LogP contribution is 2.31. The van der Waals surface area contributed by atoms with Crippen molar-refractivity contribution >= 4 is 0 Å². The van der Waals surface area contributed by atoms with Crippen LogP contribution in [0.1, 0.15) is 63.0 Å². The fourth-order valence-corrected chi connectivity index (χ4v) is 3.94. The van der Waals surface area contributed by atoms with E-state index in [1.165, 1.54) is 17.7 Å². The lowest BCUT2D eigenvalue weighted by Crippen LogP contribution is -2.31. The van der Waals surface area contributed by atoms with Crippen LogP contribution in [0.3, 0.4) is 0 Å². The average molecular weight is 341 g/mol. The molecule has 3 rings (SSSR count). The van der Waals surface area contributed by atoms with Crippen LogP contribution in [0.2, 0.25) is 0 Å². The Kier molecular flexibility index (Phi) is 5.30. The molecule has 1 fully saturated rings. The number of aliphatic hydroxyl groups is 1. The summed E-state index contributed by atoms with van der Waals surface area (Å²) in [6.45, 7) is 8.69. The molecule has 1 N–H and O–H groups in total. The second-order valence-electron chi connectivity index (χ2n) is 8.36. The second kappa shape index (κ2) is 7.30. The van der Waals surface area contributed by atoms with Gasteiger partial charge in [-0.1, -0.05) is 51.1 Å². The molecule has 0 bridgehead atoms. The highest BCUT2D eigenvalue weighted by molar-refractivity contribution is 5.24. The molecular weight excluding hydrogens is 310 g/mol. The first-order chi connectivity index (χ1) is 11.8. The number of likely N-dealkylation sites (tertiary alicyclic amines) is 1. The molecule has 4 heteroatoms. The summed E-state index contributed by atoms with van der Waals surface area (Å²) < 4.78 is 1.93. The average Bonchev–Trinajstić information content (AvgIpc) is 3.15. The predicted molar refractivity (Wildman–Crippen MR) is 101 cm³/mol. The Hall–Kier alpha value is -1.65. The third-order valence-corrected chi connectivity index (χ3v) is 5.17. The zero-order chi connectivity index (χ0) is 18.0. The predicted octanol–water partition coefficient (Wildman–Crippen LogP) is 3.81. The Morgan fingerprint density at radius 3 is 2.64 bits per heavy atom. The fraction of sp³-hybridized carbons (Fsp3) is 0.571. The van der Waals surface area contributed by atoms with Crippen LogP contribution in [0, 0.1) is 0 Å². The molecule has 1 aromatic carbocycles. The molecule has 2 heterocycles. The van der Waals surface area contributed by atoms with E-state index >= 15 is 0 Å². The van der Waals surface area contributed by atoms with Crippen molar-refractivity contribution in [2.45, 2.75) is 64.1 Å². The van der Waals surface area contributed by atoms with Crippen LogP contribution in [0.5, 0.6) is 0 Å². The minimum atomic E-state index is -0.386. The number of hydrogen-bond acceptors (Lipinski definition) is 3. The summed E-state index contributed by atoms with van der Waals surface area (Å²) in [7, 11) is 2.00. The highest BCUT2D eigenvalue weighted by Gasteiger charge is 2.30. The van der Waals surface area contributed by atoms with Gasteiger partial charge in [-0.05, 0) is 31.4 Å². The van der Waals surface area contributed by atoms with Crippen LogP contribution < -0.4 is 0 Å². The van der Waals surface area contributed by atoms with E-state index in [-0.39, 0.29) is 11.5 Å². The third kappa shape index (κ3) is 4.31. The van der Waals surface area contributed by atoms with E-state index in [9.17, 15) is 5.11 Å². The fourth-order valence-electron chi connectivity index (χ4n) is 3.94. The maximum absolute atomic E-state index is 10.6. The van der Waals surface area contributed by atoms with Crippen molar-refractivity contribution in [3.63, 3.8) is 0 Å². The van der Waals surface area contributed by atoms with Crippen molar-refractivity contribution in [2.75, 3.05) is 6.54 Å². The van der Waals surface area contributed by atoms with Crippen LogP contribution in [0.25, 0.3) is 0 Å². The summed E-state index contributed by atoms with van der Waals surface area (Å²) in [6, 6.07) is 10.5. The van der Waals surface area contributed by atoms with Gasteiger partial charge in [0.1, 0.15) is 0 Å². The lowest BCUT2D eigenvalue weighted by Gasteiger charge is -2.27. The van der Waals surface area contributed by atoms with E-state index in [1.54, 1.807) is 0 Å². The van der Waals surface area contributed by atoms with Gasteiger partial charge in [0.15, 0.2) is 0 Å². The smallest absolute Gasteiger partial charge is 0.0805 e. The van der Waals surface area contributed by atoms with E-state index in [4.69, 9.17) is 5.10 Å². The van der Waals surface area contributed by atoms with Crippen molar-refractivity contribution in [3.05, 3.63) is 53.3 Å². The second-order valence-corrected chi connectivity index (χ2v) is 8.36. The molecule has 2 unspecified atom stereocenters. The van der Waals surface area contributed by atoms with Crippen molar-refractivity contribution in [3.8, 4) is 0 Å². The molecule has 2 aromatic rings. The maximum atomic E-state index is 10.6. The van der Waals surface area contributed by atoms with E-state index in [0.717, 1.165) is 31.5 Å². The first-order valence-electron chi connectivity index (χ1n) is 9.34. The van der Waals surface area contributed by atoms with Gasteiger partial charge in [0.25, 0.3) is 0 Å². The minimum Gasteiger partial charge on any atom is -0.388 e. The molecule has 1 aliphatic rings. The number of aryl methyl sites for hydroxylation is 1. The zero-order valence-corrected chi connectivity index (χ0v) is 15.9. The van der Waals surface area contributed by atoms with Crippen LogP contribution in [0.15, 0.2) is 36.5 Å².